The summed E-state index contributed by atoms with van der Waals surface area (Å²) in [6.07, 6.45) is 13.6. The van der Waals surface area contributed by atoms with Crippen LogP contribution in [0.1, 0.15) is 94.7 Å². The van der Waals surface area contributed by atoms with Crippen LogP contribution in [0.2, 0.25) is 0 Å². The van der Waals surface area contributed by atoms with Gasteiger partial charge in [-0.15, -0.1) is 22.7 Å². The van der Waals surface area contributed by atoms with Gasteiger partial charge in [-0.25, -0.2) is 14.4 Å². The zero-order valence-corrected chi connectivity index (χ0v) is 42.0. The second-order valence-corrected chi connectivity index (χ2v) is 21.0. The van der Waals surface area contributed by atoms with E-state index in [1.807, 2.05) is 34.9 Å². The first-order chi connectivity index (χ1) is 34.4. The predicted molar refractivity (Wildman–Crippen MR) is 276 cm³/mol. The van der Waals surface area contributed by atoms with Crippen LogP contribution in [-0.4, -0.2) is 117 Å². The second kappa shape index (κ2) is 22.3. The summed E-state index contributed by atoms with van der Waals surface area (Å²) >= 11 is 2.47. The summed E-state index contributed by atoms with van der Waals surface area (Å²) in [4.78, 5) is 96.9. The summed E-state index contributed by atoms with van der Waals surface area (Å²) < 4.78 is 16.8. The Bertz CT molecular complexity index is 3020. The largest absolute Gasteiger partial charge is 0.368 e. The van der Waals surface area contributed by atoms with Gasteiger partial charge in [0.25, 0.3) is 22.9 Å². The molecule has 2 aliphatic carbocycles. The predicted octanol–water partition coefficient (Wildman–Crippen LogP) is 6.49. The number of benzene rings is 2. The molecule has 4 aliphatic rings. The maximum Gasteiger partial charge on any atom is 0.264 e. The van der Waals surface area contributed by atoms with Crippen molar-refractivity contribution in [1.29, 1.82) is 0 Å². The fourth-order valence-corrected chi connectivity index (χ4v) is 12.5. The average molecular weight is 1010 g/mol. The number of nitrogens with zero attached hydrogens (tertiary/aromatic N) is 8. The minimum atomic E-state index is -0.309. The van der Waals surface area contributed by atoms with E-state index >= 15 is 0 Å². The number of amides is 4. The Morgan fingerprint density at radius 3 is 1.45 bits per heavy atom. The Morgan fingerprint density at radius 1 is 0.577 bits per heavy atom. The van der Waals surface area contributed by atoms with Crippen molar-refractivity contribution in [1.82, 2.24) is 39.5 Å². The monoisotopic (exact) mass is 1000 g/mol. The Morgan fingerprint density at radius 2 is 1.00 bits per heavy atom. The molecule has 19 heteroatoms. The molecule has 0 atom stereocenters. The minimum absolute atomic E-state index is 0.0563. The number of aromatic nitrogens is 4. The molecule has 0 unspecified atom stereocenters. The molecule has 0 radical (unpaired) electrons. The van der Waals surface area contributed by atoms with Gasteiger partial charge in [-0.3, -0.25) is 37.9 Å². The summed E-state index contributed by atoms with van der Waals surface area (Å²) in [5, 5.41) is 6.91. The van der Waals surface area contributed by atoms with Crippen molar-refractivity contribution in [2.45, 2.75) is 103 Å². The van der Waals surface area contributed by atoms with Gasteiger partial charge in [0.05, 0.1) is 38.9 Å². The maximum atomic E-state index is 14.1. The number of anilines is 2. The molecule has 6 aromatic rings. The lowest BCUT2D eigenvalue weighted by Gasteiger charge is -2.36. The van der Waals surface area contributed by atoms with E-state index in [9.17, 15) is 33.2 Å². The normalized spacial score (nSPS) is 17.0. The van der Waals surface area contributed by atoms with Crippen LogP contribution in [0.5, 0.6) is 0 Å². The first-order valence-corrected chi connectivity index (χ1v) is 26.5. The number of hydrogen-bond donors (Lipinski definition) is 2. The van der Waals surface area contributed by atoms with Gasteiger partial charge in [-0.05, 0) is 74.9 Å². The molecule has 16 nitrogen and oxygen atoms in total. The van der Waals surface area contributed by atoms with Crippen LogP contribution in [-0.2, 0) is 22.7 Å². The van der Waals surface area contributed by atoms with Crippen LogP contribution >= 0.6 is 22.7 Å². The van der Waals surface area contributed by atoms with E-state index in [1.54, 1.807) is 30.0 Å². The molecule has 6 heterocycles. The number of halogens is 1. The van der Waals surface area contributed by atoms with E-state index in [0.717, 1.165) is 70.1 Å². The van der Waals surface area contributed by atoms with Crippen molar-refractivity contribution in [2.24, 2.45) is 0 Å². The van der Waals surface area contributed by atoms with Crippen molar-refractivity contribution in [3.05, 3.63) is 115 Å². The molecule has 4 amide bonds. The Kier molecular flexibility index (Phi) is 15.6. The standard InChI is InChI=1S/C26H30FN5O3S.C26H31N5O3S/c1-17-22-24(28-16-32(25(22)34)15-21(33)29-18-7-3-2-4-8-18)36-23(17)26(35)31-13-11-30(12-14-31)20-10-6-5-9-19(20)27;1-18-22-24(27-17-31(25(22)33)16-21(32)28-19-8-4-2-5-9-19)35-23(18)26(34)30-14-12-29(13-15-30)20-10-6-3-7-11-20/h5-6,9-10,16,18H,2-4,7-8,11-15H2,1H3,(H,29,33);3,6-7,10-11,17,19H,2,4-5,8-9,12-16H2,1H3,(H,28,32). The fourth-order valence-electron chi connectivity index (χ4n) is 10.3. The topological polar surface area (TPSA) is 175 Å². The Labute approximate surface area is 419 Å². The van der Waals surface area contributed by atoms with E-state index in [4.69, 9.17) is 0 Å². The van der Waals surface area contributed by atoms with E-state index in [2.05, 4.69) is 37.6 Å². The smallest absolute Gasteiger partial charge is 0.264 e. The molecule has 2 aliphatic heterocycles. The van der Waals surface area contributed by atoms with Gasteiger partial charge in [-0.1, -0.05) is 68.9 Å². The number of carbonyl (C=O) groups is 4. The van der Waals surface area contributed by atoms with Crippen LogP contribution in [0.3, 0.4) is 0 Å². The van der Waals surface area contributed by atoms with Gasteiger partial charge >= 0.3 is 0 Å². The zero-order chi connectivity index (χ0) is 49.6. The number of thiophene rings is 2. The van der Waals surface area contributed by atoms with Gasteiger partial charge in [0.2, 0.25) is 11.8 Å². The second-order valence-electron chi connectivity index (χ2n) is 19.0. The number of aryl methyl sites for hydroxylation is 2. The molecular formula is C52H61FN10O6S2. The van der Waals surface area contributed by atoms with Crippen molar-refractivity contribution in [2.75, 3.05) is 62.2 Å². The third-order valence-electron chi connectivity index (χ3n) is 14.2. The highest BCUT2D eigenvalue weighted by molar-refractivity contribution is 7.21. The van der Waals surface area contributed by atoms with E-state index in [0.29, 0.717) is 86.3 Å². The van der Waals surface area contributed by atoms with Gasteiger partial charge in [0.15, 0.2) is 0 Å². The number of carbonyl (C=O) groups excluding carboxylic acids is 4. The van der Waals surface area contributed by atoms with Crippen LogP contribution in [0.25, 0.3) is 20.4 Å². The number of nitrogens with one attached hydrogen (secondary N) is 2. The highest BCUT2D eigenvalue weighted by Crippen LogP contribution is 2.31. The number of piperazine rings is 2. The molecule has 2 saturated carbocycles. The third kappa shape index (κ3) is 11.2. The van der Waals surface area contributed by atoms with Gasteiger partial charge in [0, 0.05) is 70.1 Å². The van der Waals surface area contributed by atoms with E-state index < -0.39 is 0 Å². The van der Waals surface area contributed by atoms with Gasteiger partial charge in [0.1, 0.15) is 28.6 Å². The van der Waals surface area contributed by atoms with Crippen molar-refractivity contribution in [3.8, 4) is 0 Å². The molecule has 10 rings (SSSR count). The summed E-state index contributed by atoms with van der Waals surface area (Å²) in [5.74, 6) is -0.834. The van der Waals surface area contributed by atoms with E-state index in [-0.39, 0.29) is 65.7 Å². The van der Waals surface area contributed by atoms with Gasteiger partial charge < -0.3 is 30.2 Å². The first-order valence-electron chi connectivity index (χ1n) is 24.9. The lowest BCUT2D eigenvalue weighted by Crippen LogP contribution is -2.49. The number of rotatable bonds is 10. The minimum Gasteiger partial charge on any atom is -0.368 e. The van der Waals surface area contributed by atoms with Crippen molar-refractivity contribution >= 4 is 78.1 Å². The van der Waals surface area contributed by atoms with Crippen molar-refractivity contribution < 1.29 is 23.6 Å². The molecule has 4 fully saturated rings. The summed E-state index contributed by atoms with van der Waals surface area (Å²) in [6, 6.07) is 17.2. The molecule has 0 bridgehead atoms. The maximum absolute atomic E-state index is 14.1. The number of hydrogen-bond acceptors (Lipinski definition) is 12. The number of para-hydroxylation sites is 2. The molecule has 71 heavy (non-hydrogen) atoms. The van der Waals surface area contributed by atoms with Crippen LogP contribution < -0.4 is 31.6 Å². The van der Waals surface area contributed by atoms with E-state index in [1.165, 1.54) is 63.4 Å². The molecule has 2 aromatic carbocycles. The van der Waals surface area contributed by atoms with Crippen LogP contribution in [0, 0.1) is 19.7 Å². The molecule has 4 aromatic heterocycles. The SMILES string of the molecule is Cc1c(C(=O)N2CCN(c3ccccc3)CC2)sc2ncn(CC(=O)NC3CCCCC3)c(=O)c12.Cc1c(C(=O)N2CCN(c3ccccc3F)CC2)sc2ncn(CC(=O)NC3CCCCC3)c(=O)c12. The van der Waals surface area contributed by atoms with Crippen molar-refractivity contribution in [3.63, 3.8) is 0 Å². The summed E-state index contributed by atoms with van der Waals surface area (Å²) in [6.45, 7) is 8.17. The quantitative estimate of drug-likeness (QED) is 0.154. The molecule has 2 N–H and O–H groups in total. The molecule has 374 valence electrons. The zero-order valence-electron chi connectivity index (χ0n) is 40.4. The molecule has 0 spiro atoms. The summed E-state index contributed by atoms with van der Waals surface area (Å²) in [7, 11) is 0. The summed E-state index contributed by atoms with van der Waals surface area (Å²) in [5.41, 5.74) is 2.37. The average Bonchev–Trinajstić information content (AvgIpc) is 3.92. The molecular weight excluding hydrogens is 944 g/mol. The lowest BCUT2D eigenvalue weighted by atomic mass is 9.95. The highest BCUT2D eigenvalue weighted by Gasteiger charge is 2.30. The highest BCUT2D eigenvalue weighted by atomic mass is 32.1. The third-order valence-corrected chi connectivity index (χ3v) is 16.6. The van der Waals surface area contributed by atoms with Crippen LogP contribution in [0.4, 0.5) is 15.8 Å². The van der Waals surface area contributed by atoms with Gasteiger partial charge in [-0.2, -0.15) is 0 Å². The lowest BCUT2D eigenvalue weighted by molar-refractivity contribution is -0.123. The Balaban J connectivity index is 0.000000176. The Hall–Kier alpha value is -6.47. The molecule has 2 saturated heterocycles. The first kappa shape index (κ1) is 49.5. The fraction of sp³-hybridized carbons (Fsp3) is 0.462. The van der Waals surface area contributed by atoms with Crippen LogP contribution in [0.15, 0.2) is 76.8 Å². The number of fused-ring (bicyclic) bond motifs is 2.